The van der Waals surface area contributed by atoms with Crippen molar-refractivity contribution in [3.63, 3.8) is 0 Å². The highest BCUT2D eigenvalue weighted by atomic mass is 16.7. The average Bonchev–Trinajstić information content (AvgIpc) is 3.22. The second kappa shape index (κ2) is 10.2. The molecule has 0 bridgehead atoms. The molecule has 7 nitrogen and oxygen atoms in total. The van der Waals surface area contributed by atoms with E-state index in [9.17, 15) is 14.7 Å². The molecule has 1 atom stereocenters. The number of aliphatic carboxylic acids is 1. The van der Waals surface area contributed by atoms with E-state index < -0.39 is 12.0 Å². The molecule has 0 saturated carbocycles. The highest BCUT2D eigenvalue weighted by molar-refractivity contribution is 5.83. The summed E-state index contributed by atoms with van der Waals surface area (Å²) in [4.78, 5) is 35.6. The van der Waals surface area contributed by atoms with Gasteiger partial charge in [0.25, 0.3) is 0 Å². The van der Waals surface area contributed by atoms with E-state index in [0.29, 0.717) is 18.7 Å². The van der Waals surface area contributed by atoms with Gasteiger partial charge in [-0.3, -0.25) is 4.79 Å². The minimum atomic E-state index is -1.07. The molecule has 7 heteroatoms. The first-order chi connectivity index (χ1) is 14.5. The molecule has 1 N–H and O–H groups in total. The molecule has 3 rings (SSSR count). The van der Waals surface area contributed by atoms with Crippen molar-refractivity contribution in [3.8, 4) is 0 Å². The number of carboxylic acid groups (broad SMARTS) is 1. The lowest BCUT2D eigenvalue weighted by atomic mass is 10.1. The highest BCUT2D eigenvalue weighted by Gasteiger charge is 2.28. The molecule has 1 amide bonds. The molecular formula is C23H25N3O4. The van der Waals surface area contributed by atoms with E-state index in [2.05, 4.69) is 4.98 Å². The Labute approximate surface area is 175 Å². The summed E-state index contributed by atoms with van der Waals surface area (Å²) in [5, 5.41) is 9.71. The molecule has 0 aliphatic carbocycles. The van der Waals surface area contributed by atoms with Crippen molar-refractivity contribution in [2.45, 2.75) is 31.9 Å². The lowest BCUT2D eigenvalue weighted by Gasteiger charge is -2.25. The molecule has 0 aliphatic rings. The summed E-state index contributed by atoms with van der Waals surface area (Å²) in [5.74, 6) is -1.29. The Bertz CT molecular complexity index is 957. The summed E-state index contributed by atoms with van der Waals surface area (Å²) in [5.41, 5.74) is 2.61. The second-order valence-corrected chi connectivity index (χ2v) is 7.02. The Morgan fingerprint density at radius 1 is 1.07 bits per heavy atom. The van der Waals surface area contributed by atoms with Crippen molar-refractivity contribution in [2.24, 2.45) is 0 Å². The molecule has 0 spiro atoms. The number of amides is 1. The van der Waals surface area contributed by atoms with Crippen LogP contribution < -0.4 is 4.84 Å². The van der Waals surface area contributed by atoms with Crippen LogP contribution in [0.15, 0.2) is 73.2 Å². The van der Waals surface area contributed by atoms with Crippen LogP contribution in [0.1, 0.15) is 23.2 Å². The lowest BCUT2D eigenvalue weighted by molar-refractivity contribution is -0.149. The maximum Gasteiger partial charge on any atom is 0.326 e. The number of nitrogens with zero attached hydrogens (tertiary/aromatic N) is 3. The molecular weight excluding hydrogens is 382 g/mol. The molecule has 1 aromatic heterocycles. The van der Waals surface area contributed by atoms with Crippen LogP contribution in [0.4, 0.5) is 0 Å². The third-order valence-electron chi connectivity index (χ3n) is 4.91. The summed E-state index contributed by atoms with van der Waals surface area (Å²) in [6.45, 7) is 0.327. The first kappa shape index (κ1) is 21.1. The summed E-state index contributed by atoms with van der Waals surface area (Å²) in [6, 6.07) is 18.3. The Morgan fingerprint density at radius 2 is 1.70 bits per heavy atom. The normalized spacial score (nSPS) is 11.6. The highest BCUT2D eigenvalue weighted by Crippen LogP contribution is 2.12. The van der Waals surface area contributed by atoms with Gasteiger partial charge in [0.1, 0.15) is 19.0 Å². The molecule has 0 radical (unpaired) electrons. The van der Waals surface area contributed by atoms with Gasteiger partial charge in [-0.1, -0.05) is 60.7 Å². The molecule has 1 heterocycles. The first-order valence-corrected chi connectivity index (χ1v) is 9.75. The fraction of sp³-hybridized carbons (Fsp3) is 0.261. The van der Waals surface area contributed by atoms with E-state index in [1.807, 2.05) is 60.7 Å². The van der Waals surface area contributed by atoms with Gasteiger partial charge in [-0.2, -0.15) is 4.73 Å². The minimum absolute atomic E-state index is 0.0949. The molecule has 0 saturated heterocycles. The number of rotatable bonds is 10. The smallest absolute Gasteiger partial charge is 0.326 e. The largest absolute Gasteiger partial charge is 0.480 e. The number of aromatic nitrogens is 2. The lowest BCUT2D eigenvalue weighted by Crippen LogP contribution is -2.44. The predicted molar refractivity (Wildman–Crippen MR) is 112 cm³/mol. The van der Waals surface area contributed by atoms with E-state index in [1.54, 1.807) is 6.20 Å². The van der Waals surface area contributed by atoms with Gasteiger partial charge in [-0.15, -0.1) is 0 Å². The van der Waals surface area contributed by atoms with Crippen LogP contribution in [-0.2, 0) is 29.0 Å². The van der Waals surface area contributed by atoms with Gasteiger partial charge in [-0.25, -0.2) is 9.78 Å². The van der Waals surface area contributed by atoms with Gasteiger partial charge < -0.3 is 14.8 Å². The summed E-state index contributed by atoms with van der Waals surface area (Å²) in [6.07, 6.45) is 3.96. The second-order valence-electron chi connectivity index (χ2n) is 7.02. The zero-order chi connectivity index (χ0) is 21.3. The van der Waals surface area contributed by atoms with Crippen LogP contribution in [0.3, 0.4) is 0 Å². The maximum atomic E-state index is 12.6. The van der Waals surface area contributed by atoms with E-state index in [1.165, 1.54) is 23.0 Å². The minimum Gasteiger partial charge on any atom is -0.480 e. The molecule has 156 valence electrons. The Kier molecular flexibility index (Phi) is 7.21. The van der Waals surface area contributed by atoms with Crippen LogP contribution in [0, 0.1) is 0 Å². The number of aryl methyl sites for hydroxylation is 1. The zero-order valence-corrected chi connectivity index (χ0v) is 16.8. The summed E-state index contributed by atoms with van der Waals surface area (Å²) >= 11 is 0. The third kappa shape index (κ3) is 5.70. The molecule has 3 aromatic rings. The van der Waals surface area contributed by atoms with E-state index in [4.69, 9.17) is 4.84 Å². The molecule has 30 heavy (non-hydrogen) atoms. The van der Waals surface area contributed by atoms with Crippen molar-refractivity contribution >= 4 is 11.9 Å². The fourth-order valence-electron chi connectivity index (χ4n) is 3.12. The van der Waals surface area contributed by atoms with Crippen molar-refractivity contribution in [1.82, 2.24) is 14.6 Å². The van der Waals surface area contributed by atoms with Crippen LogP contribution in [0.2, 0.25) is 0 Å². The van der Waals surface area contributed by atoms with Gasteiger partial charge in [0, 0.05) is 19.9 Å². The first-order valence-electron chi connectivity index (χ1n) is 9.75. The van der Waals surface area contributed by atoms with E-state index >= 15 is 0 Å². The molecule has 2 aromatic carbocycles. The van der Waals surface area contributed by atoms with E-state index in [0.717, 1.165) is 11.1 Å². The number of carboxylic acids is 1. The van der Waals surface area contributed by atoms with Crippen LogP contribution >= 0.6 is 0 Å². The van der Waals surface area contributed by atoms with Gasteiger partial charge in [0.2, 0.25) is 5.91 Å². The number of benzene rings is 2. The monoisotopic (exact) mass is 407 g/mol. The molecule has 0 unspecified atom stereocenters. The average molecular weight is 407 g/mol. The fourth-order valence-corrected chi connectivity index (χ4v) is 3.12. The summed E-state index contributed by atoms with van der Waals surface area (Å²) in [7, 11) is 1.53. The zero-order valence-electron chi connectivity index (χ0n) is 16.8. The summed E-state index contributed by atoms with van der Waals surface area (Å²) < 4.78 is 1.46. The standard InChI is InChI=1S/C23H25N3O4/c1-25(22(27)13-12-18-8-4-2-5-9-18)21(23(28)29)14-20-15-24-17-26(20)30-16-19-10-6-3-7-11-19/h2-11,15,17,21H,12-14,16H2,1H3,(H,28,29)/t21-/m0/s1. The van der Waals surface area contributed by atoms with Crippen LogP contribution in [0.25, 0.3) is 0 Å². The van der Waals surface area contributed by atoms with Crippen molar-refractivity contribution < 1.29 is 19.5 Å². The van der Waals surface area contributed by atoms with Crippen LogP contribution in [0.5, 0.6) is 0 Å². The van der Waals surface area contributed by atoms with E-state index in [-0.39, 0.29) is 18.7 Å². The number of likely N-dealkylation sites (N-methyl/N-ethyl adjacent to an activating group) is 1. The number of hydrogen-bond donors (Lipinski definition) is 1. The topological polar surface area (TPSA) is 84.7 Å². The van der Waals surface area contributed by atoms with Crippen molar-refractivity contribution in [1.29, 1.82) is 0 Å². The third-order valence-corrected chi connectivity index (χ3v) is 4.91. The van der Waals surface area contributed by atoms with Crippen molar-refractivity contribution in [2.75, 3.05) is 7.05 Å². The Morgan fingerprint density at radius 3 is 2.33 bits per heavy atom. The Hall–Kier alpha value is -3.61. The van der Waals surface area contributed by atoms with Gasteiger partial charge in [0.15, 0.2) is 0 Å². The number of imidazole rings is 1. The Balaban J connectivity index is 1.62. The maximum absolute atomic E-state index is 12.6. The predicted octanol–water partition coefficient (Wildman–Crippen LogP) is 2.60. The quantitative estimate of drug-likeness (QED) is 0.558. The van der Waals surface area contributed by atoms with Crippen LogP contribution in [-0.4, -0.2) is 44.7 Å². The van der Waals surface area contributed by atoms with Gasteiger partial charge in [-0.05, 0) is 17.5 Å². The van der Waals surface area contributed by atoms with Gasteiger partial charge >= 0.3 is 5.97 Å². The number of carbonyl (C=O) groups is 2. The number of carbonyl (C=O) groups excluding carboxylic acids is 1. The number of hydrogen-bond acceptors (Lipinski definition) is 4. The van der Waals surface area contributed by atoms with Gasteiger partial charge in [0.05, 0.1) is 11.9 Å². The molecule has 0 fully saturated rings. The van der Waals surface area contributed by atoms with Crippen molar-refractivity contribution in [3.05, 3.63) is 90.0 Å². The molecule has 0 aliphatic heterocycles. The SMILES string of the molecule is CN(C(=O)CCc1ccccc1)[C@@H](Cc1cncn1OCc1ccccc1)C(=O)O.